The maximum atomic E-state index is 12.8. The molecule has 2 aromatic rings. The predicted molar refractivity (Wildman–Crippen MR) is 89.7 cm³/mol. The predicted octanol–water partition coefficient (Wildman–Crippen LogP) is 3.48. The molecule has 0 radical (unpaired) electrons. The Morgan fingerprint density at radius 2 is 1.81 bits per heavy atom. The number of nitrogens with zero attached hydrogens (tertiary/aromatic N) is 3. The van der Waals surface area contributed by atoms with E-state index in [-0.39, 0.29) is 43.5 Å². The number of hydrogen-bond acceptors (Lipinski definition) is 5. The highest BCUT2D eigenvalue weighted by atomic mass is 19.4. The molecule has 144 valence electrons. The zero-order chi connectivity index (χ0) is 19.8. The quantitative estimate of drug-likeness (QED) is 0.599. The number of rotatable bonds is 3. The van der Waals surface area contributed by atoms with E-state index < -0.39 is 22.4 Å². The second-order valence-corrected chi connectivity index (χ2v) is 6.15. The number of halogens is 3. The average Bonchev–Trinajstić information content (AvgIpc) is 3.06. The highest BCUT2D eigenvalue weighted by Crippen LogP contribution is 2.36. The largest absolute Gasteiger partial charge is 0.456 e. The van der Waals surface area contributed by atoms with E-state index in [1.54, 1.807) is 28.9 Å². The third-order valence-corrected chi connectivity index (χ3v) is 4.36. The van der Waals surface area contributed by atoms with Crippen LogP contribution in [0.1, 0.15) is 21.9 Å². The SMILES string of the molecule is Cc1ccc(C(=O)N2CCN(c3ccc(C(F)(F)F)cc3[N+](=O)[O-])CC2)o1. The van der Waals surface area contributed by atoms with Crippen molar-refractivity contribution in [3.63, 3.8) is 0 Å². The smallest absolute Gasteiger partial charge is 0.416 e. The molecule has 1 aliphatic rings. The number of carbonyl (C=O) groups excluding carboxylic acids is 1. The summed E-state index contributed by atoms with van der Waals surface area (Å²) in [6, 6.07) is 5.72. The van der Waals surface area contributed by atoms with Crippen LogP contribution >= 0.6 is 0 Å². The van der Waals surface area contributed by atoms with Crippen LogP contribution in [0.25, 0.3) is 0 Å². The molecular weight excluding hydrogens is 367 g/mol. The van der Waals surface area contributed by atoms with Crippen LogP contribution in [0.4, 0.5) is 24.5 Å². The molecule has 0 atom stereocenters. The third-order valence-electron chi connectivity index (χ3n) is 4.36. The molecule has 7 nitrogen and oxygen atoms in total. The number of aryl methyl sites for hydroxylation is 1. The van der Waals surface area contributed by atoms with Crippen LogP contribution in [0, 0.1) is 17.0 Å². The third kappa shape index (κ3) is 3.88. The summed E-state index contributed by atoms with van der Waals surface area (Å²) >= 11 is 0. The van der Waals surface area contributed by atoms with Gasteiger partial charge in [-0.1, -0.05) is 0 Å². The fourth-order valence-electron chi connectivity index (χ4n) is 2.97. The molecule has 1 aromatic carbocycles. The van der Waals surface area contributed by atoms with Crippen molar-refractivity contribution in [3.8, 4) is 0 Å². The highest BCUT2D eigenvalue weighted by Gasteiger charge is 2.34. The Morgan fingerprint density at radius 3 is 2.33 bits per heavy atom. The van der Waals surface area contributed by atoms with E-state index in [0.717, 1.165) is 12.1 Å². The minimum atomic E-state index is -4.66. The van der Waals surface area contributed by atoms with E-state index in [1.807, 2.05) is 0 Å². The normalized spacial score (nSPS) is 15.1. The van der Waals surface area contributed by atoms with Gasteiger partial charge in [0.15, 0.2) is 5.76 Å². The monoisotopic (exact) mass is 383 g/mol. The number of furan rings is 1. The van der Waals surface area contributed by atoms with Gasteiger partial charge in [0.05, 0.1) is 10.5 Å². The van der Waals surface area contributed by atoms with Crippen molar-refractivity contribution in [2.75, 3.05) is 31.1 Å². The number of piperazine rings is 1. The highest BCUT2D eigenvalue weighted by molar-refractivity contribution is 5.91. The van der Waals surface area contributed by atoms with Crippen LogP contribution in [0.3, 0.4) is 0 Å². The van der Waals surface area contributed by atoms with E-state index in [9.17, 15) is 28.1 Å². The van der Waals surface area contributed by atoms with Gasteiger partial charge in [0.1, 0.15) is 11.4 Å². The average molecular weight is 383 g/mol. The number of amides is 1. The van der Waals surface area contributed by atoms with Crippen LogP contribution < -0.4 is 4.90 Å². The molecule has 1 aromatic heterocycles. The fraction of sp³-hybridized carbons (Fsp3) is 0.353. The number of anilines is 1. The first kappa shape index (κ1) is 18.7. The lowest BCUT2D eigenvalue weighted by atomic mass is 10.1. The van der Waals surface area contributed by atoms with E-state index in [0.29, 0.717) is 11.8 Å². The number of benzene rings is 1. The van der Waals surface area contributed by atoms with Crippen molar-refractivity contribution in [3.05, 3.63) is 57.5 Å². The Bertz CT molecular complexity index is 871. The molecule has 0 N–H and O–H groups in total. The first-order valence-corrected chi connectivity index (χ1v) is 8.13. The summed E-state index contributed by atoms with van der Waals surface area (Å²) in [4.78, 5) is 25.9. The second kappa shape index (κ2) is 6.93. The number of alkyl halides is 3. The van der Waals surface area contributed by atoms with Gasteiger partial charge in [-0.25, -0.2) is 0 Å². The molecule has 0 saturated carbocycles. The van der Waals surface area contributed by atoms with Crippen LogP contribution in [0.15, 0.2) is 34.7 Å². The minimum Gasteiger partial charge on any atom is -0.456 e. The van der Waals surface area contributed by atoms with Crippen molar-refractivity contribution in [2.45, 2.75) is 13.1 Å². The zero-order valence-corrected chi connectivity index (χ0v) is 14.3. The van der Waals surface area contributed by atoms with E-state index in [4.69, 9.17) is 4.42 Å². The van der Waals surface area contributed by atoms with Crippen molar-refractivity contribution in [1.82, 2.24) is 4.90 Å². The molecule has 0 bridgehead atoms. The minimum absolute atomic E-state index is 0.106. The number of nitro benzene ring substituents is 1. The molecule has 0 unspecified atom stereocenters. The first-order valence-electron chi connectivity index (χ1n) is 8.13. The summed E-state index contributed by atoms with van der Waals surface area (Å²) in [5.74, 6) is 0.531. The molecular formula is C17H16F3N3O4. The lowest BCUT2D eigenvalue weighted by Crippen LogP contribution is -2.48. The maximum Gasteiger partial charge on any atom is 0.416 e. The summed E-state index contributed by atoms with van der Waals surface area (Å²) in [7, 11) is 0. The van der Waals surface area contributed by atoms with E-state index in [1.165, 1.54) is 0 Å². The zero-order valence-electron chi connectivity index (χ0n) is 14.3. The molecule has 0 spiro atoms. The number of nitro groups is 1. The van der Waals surface area contributed by atoms with Crippen molar-refractivity contribution < 1.29 is 27.3 Å². The van der Waals surface area contributed by atoms with Gasteiger partial charge in [0.25, 0.3) is 11.6 Å². The Hall–Kier alpha value is -3.04. The summed E-state index contributed by atoms with van der Waals surface area (Å²) in [5.41, 5.74) is -1.57. The van der Waals surface area contributed by atoms with Crippen LogP contribution in [-0.4, -0.2) is 41.9 Å². The van der Waals surface area contributed by atoms with Gasteiger partial charge in [-0.3, -0.25) is 14.9 Å². The van der Waals surface area contributed by atoms with Gasteiger partial charge in [-0.2, -0.15) is 13.2 Å². The van der Waals surface area contributed by atoms with Gasteiger partial charge in [-0.15, -0.1) is 0 Å². The fourth-order valence-corrected chi connectivity index (χ4v) is 2.97. The van der Waals surface area contributed by atoms with Crippen LogP contribution in [0.2, 0.25) is 0 Å². The van der Waals surface area contributed by atoms with Gasteiger partial charge in [0, 0.05) is 32.2 Å². The van der Waals surface area contributed by atoms with E-state index >= 15 is 0 Å². The van der Waals surface area contributed by atoms with Gasteiger partial charge in [0.2, 0.25) is 0 Å². The molecule has 3 rings (SSSR count). The molecule has 2 heterocycles. The van der Waals surface area contributed by atoms with E-state index in [2.05, 4.69) is 0 Å². The van der Waals surface area contributed by atoms with Gasteiger partial charge >= 0.3 is 6.18 Å². The van der Waals surface area contributed by atoms with Gasteiger partial charge < -0.3 is 14.2 Å². The molecule has 1 fully saturated rings. The van der Waals surface area contributed by atoms with Crippen molar-refractivity contribution >= 4 is 17.3 Å². The topological polar surface area (TPSA) is 79.8 Å². The molecule has 1 amide bonds. The summed E-state index contributed by atoms with van der Waals surface area (Å²) in [6.07, 6.45) is -4.66. The molecule has 27 heavy (non-hydrogen) atoms. The lowest BCUT2D eigenvalue weighted by Gasteiger charge is -2.35. The van der Waals surface area contributed by atoms with Gasteiger partial charge in [-0.05, 0) is 31.2 Å². The van der Waals surface area contributed by atoms with Crippen LogP contribution in [0.5, 0.6) is 0 Å². The number of carbonyl (C=O) groups is 1. The lowest BCUT2D eigenvalue weighted by molar-refractivity contribution is -0.384. The number of hydrogen-bond donors (Lipinski definition) is 0. The Labute approximate surface area is 152 Å². The molecule has 0 aliphatic carbocycles. The summed E-state index contributed by atoms with van der Waals surface area (Å²) in [5, 5.41) is 11.2. The second-order valence-electron chi connectivity index (χ2n) is 6.15. The summed E-state index contributed by atoms with van der Waals surface area (Å²) < 4.78 is 43.8. The standard InChI is InChI=1S/C17H16F3N3O4/c1-11-2-5-15(27-11)16(24)22-8-6-21(7-9-22)13-4-3-12(17(18,19)20)10-14(13)23(25)26/h2-5,10H,6-9H2,1H3. The Morgan fingerprint density at radius 1 is 1.15 bits per heavy atom. The first-order chi connectivity index (χ1) is 12.7. The molecule has 1 saturated heterocycles. The van der Waals surface area contributed by atoms with Crippen LogP contribution in [-0.2, 0) is 6.18 Å². The summed E-state index contributed by atoms with van der Waals surface area (Å²) in [6.45, 7) is 2.79. The molecule has 10 heteroatoms. The van der Waals surface area contributed by atoms with Crippen molar-refractivity contribution in [1.29, 1.82) is 0 Å². The Kier molecular flexibility index (Phi) is 4.81. The molecule has 1 aliphatic heterocycles. The van der Waals surface area contributed by atoms with Crippen molar-refractivity contribution in [2.24, 2.45) is 0 Å². The maximum absolute atomic E-state index is 12.8. The Balaban J connectivity index is 1.76.